The van der Waals surface area contributed by atoms with Gasteiger partial charge in [0.2, 0.25) is 5.91 Å². The molecule has 0 aromatic carbocycles. The van der Waals surface area contributed by atoms with E-state index >= 15 is 0 Å². The number of H-pyrrole nitrogens is 2. The Morgan fingerprint density at radius 3 is 2.61 bits per heavy atom. The van der Waals surface area contributed by atoms with E-state index in [0.29, 0.717) is 5.69 Å². The van der Waals surface area contributed by atoms with Crippen molar-refractivity contribution in [3.05, 3.63) is 67.8 Å². The van der Waals surface area contributed by atoms with E-state index in [-0.39, 0.29) is 5.91 Å². The molecular weight excluding hydrogens is 454 g/mol. The molecule has 3 N–H and O–H groups in total. The molecule has 0 bridgehead atoms. The van der Waals surface area contributed by atoms with Crippen LogP contribution in [0.4, 0.5) is 5.69 Å². The summed E-state index contributed by atoms with van der Waals surface area (Å²) in [6.07, 6.45) is 12.1. The highest BCUT2D eigenvalue weighted by molar-refractivity contribution is 6.01. The van der Waals surface area contributed by atoms with Crippen molar-refractivity contribution in [2.24, 2.45) is 5.41 Å². The molecule has 0 aliphatic carbocycles. The molecule has 0 radical (unpaired) electrons. The van der Waals surface area contributed by atoms with Crippen molar-refractivity contribution < 1.29 is 9.21 Å². The Bertz CT molecular complexity index is 1720. The van der Waals surface area contributed by atoms with Gasteiger partial charge < -0.3 is 14.7 Å². The minimum absolute atomic E-state index is 0.0786. The van der Waals surface area contributed by atoms with Crippen LogP contribution in [0.25, 0.3) is 55.6 Å². The van der Waals surface area contributed by atoms with Gasteiger partial charge in [0.1, 0.15) is 5.69 Å². The number of aromatic amines is 2. The summed E-state index contributed by atoms with van der Waals surface area (Å²) in [5.74, 6) is -0.0786. The molecule has 1 amide bonds. The molecule has 0 unspecified atom stereocenters. The molecule has 9 heteroatoms. The van der Waals surface area contributed by atoms with Crippen molar-refractivity contribution >= 4 is 33.4 Å². The third-order valence-corrected chi connectivity index (χ3v) is 6.05. The lowest BCUT2D eigenvalue weighted by Gasteiger charge is -2.17. The van der Waals surface area contributed by atoms with Gasteiger partial charge in [-0.3, -0.25) is 24.8 Å². The van der Waals surface area contributed by atoms with Crippen LogP contribution in [0.2, 0.25) is 0 Å². The molecule has 6 heterocycles. The smallest absolute Gasteiger partial charge is 0.229 e. The fraction of sp³-hybridized carbons (Fsp3) is 0.148. The summed E-state index contributed by atoms with van der Waals surface area (Å²) < 4.78 is 5.27. The van der Waals surface area contributed by atoms with Crippen LogP contribution >= 0.6 is 0 Å². The maximum atomic E-state index is 12.4. The molecule has 6 aromatic rings. The summed E-state index contributed by atoms with van der Waals surface area (Å²) in [5, 5.41) is 12.5. The van der Waals surface area contributed by atoms with Crippen LogP contribution in [0.5, 0.6) is 0 Å². The van der Waals surface area contributed by atoms with Crippen molar-refractivity contribution in [1.29, 1.82) is 0 Å². The van der Waals surface area contributed by atoms with E-state index in [0.717, 1.165) is 55.6 Å². The van der Waals surface area contributed by atoms with Gasteiger partial charge in [-0.05, 0) is 24.3 Å². The lowest BCUT2D eigenvalue weighted by molar-refractivity contribution is -0.123. The summed E-state index contributed by atoms with van der Waals surface area (Å²) >= 11 is 0. The lowest BCUT2D eigenvalue weighted by Crippen LogP contribution is -2.27. The summed E-state index contributed by atoms with van der Waals surface area (Å²) in [6.45, 7) is 5.61. The van der Waals surface area contributed by atoms with Gasteiger partial charge in [0.25, 0.3) is 0 Å². The minimum Gasteiger partial charge on any atom is -0.472 e. The van der Waals surface area contributed by atoms with Crippen LogP contribution in [-0.4, -0.2) is 36.0 Å². The fourth-order valence-electron chi connectivity index (χ4n) is 4.07. The molecule has 36 heavy (non-hydrogen) atoms. The first-order valence-electron chi connectivity index (χ1n) is 11.5. The van der Waals surface area contributed by atoms with E-state index < -0.39 is 5.41 Å². The number of pyridine rings is 3. The Morgan fingerprint density at radius 2 is 1.81 bits per heavy atom. The third-order valence-electron chi connectivity index (χ3n) is 6.05. The largest absolute Gasteiger partial charge is 0.472 e. The van der Waals surface area contributed by atoms with Crippen LogP contribution < -0.4 is 5.32 Å². The van der Waals surface area contributed by atoms with Gasteiger partial charge in [-0.1, -0.05) is 20.8 Å². The Balaban J connectivity index is 1.40. The van der Waals surface area contributed by atoms with Gasteiger partial charge in [-0.2, -0.15) is 5.10 Å². The number of furan rings is 1. The molecule has 178 valence electrons. The number of rotatable bonds is 4. The number of amides is 1. The predicted molar refractivity (Wildman–Crippen MR) is 138 cm³/mol. The van der Waals surface area contributed by atoms with Crippen molar-refractivity contribution in [3.63, 3.8) is 0 Å². The summed E-state index contributed by atoms with van der Waals surface area (Å²) in [5.41, 5.74) is 6.91. The Labute approximate surface area is 206 Å². The molecule has 0 atom stereocenters. The summed E-state index contributed by atoms with van der Waals surface area (Å²) in [7, 11) is 0. The van der Waals surface area contributed by atoms with Crippen LogP contribution in [0.1, 0.15) is 20.8 Å². The van der Waals surface area contributed by atoms with Gasteiger partial charge in [0.15, 0.2) is 0 Å². The van der Waals surface area contributed by atoms with Gasteiger partial charge in [0, 0.05) is 45.3 Å². The van der Waals surface area contributed by atoms with E-state index in [1.165, 1.54) is 0 Å². The number of fused-ring (bicyclic) bond motifs is 2. The molecule has 6 aromatic heterocycles. The molecule has 9 nitrogen and oxygen atoms in total. The first-order chi connectivity index (χ1) is 17.4. The molecule has 6 rings (SSSR count). The normalized spacial score (nSPS) is 11.9. The Kier molecular flexibility index (Phi) is 4.92. The maximum Gasteiger partial charge on any atom is 0.229 e. The van der Waals surface area contributed by atoms with E-state index in [1.807, 2.05) is 45.2 Å². The topological polar surface area (TPSA) is 125 Å². The maximum absolute atomic E-state index is 12.4. The van der Waals surface area contributed by atoms with Crippen molar-refractivity contribution in [3.8, 4) is 33.8 Å². The second kappa shape index (κ2) is 8.16. The van der Waals surface area contributed by atoms with Gasteiger partial charge in [-0.25, -0.2) is 0 Å². The average molecular weight is 478 g/mol. The summed E-state index contributed by atoms with van der Waals surface area (Å²) in [4.78, 5) is 29.1. The predicted octanol–water partition coefficient (Wildman–Crippen LogP) is 5.81. The Hall–Kier alpha value is -4.79. The standard InChI is InChI=1S/C27H23N7O2/c1-27(2,3)26(35)31-17-6-16(9-28-10-17)21-8-19-24(13-30-21)33-34-25(19)22-7-18-20(15-4-5-36-14-15)11-29-12-23(18)32-22/h4-14,32H,1-3H3,(H,31,35)(H,33,34). The van der Waals surface area contributed by atoms with Crippen LogP contribution in [0.15, 0.2) is 72.2 Å². The average Bonchev–Trinajstić information content (AvgIpc) is 3.62. The lowest BCUT2D eigenvalue weighted by atomic mass is 9.95. The van der Waals surface area contributed by atoms with Crippen molar-refractivity contribution in [1.82, 2.24) is 30.1 Å². The number of hydrogen-bond acceptors (Lipinski definition) is 6. The molecular formula is C27H23N7O2. The quantitative estimate of drug-likeness (QED) is 0.294. The number of carbonyl (C=O) groups is 1. The summed E-state index contributed by atoms with van der Waals surface area (Å²) in [6, 6.07) is 7.83. The van der Waals surface area contributed by atoms with E-state index in [2.05, 4.69) is 41.5 Å². The Morgan fingerprint density at radius 1 is 0.944 bits per heavy atom. The zero-order valence-electron chi connectivity index (χ0n) is 20.0. The zero-order valence-corrected chi connectivity index (χ0v) is 20.0. The van der Waals surface area contributed by atoms with Crippen LogP contribution in [0.3, 0.4) is 0 Å². The number of nitrogens with one attached hydrogen (secondary N) is 3. The SMILES string of the molecule is CC(C)(C)C(=O)Nc1cncc(-c2cc3c(-c4cc5c(-c6ccoc6)cncc5[nH]4)n[nH]c3cn2)c1. The highest BCUT2D eigenvalue weighted by Gasteiger charge is 2.21. The monoisotopic (exact) mass is 477 g/mol. The number of hydrogen-bond donors (Lipinski definition) is 3. The minimum atomic E-state index is -0.508. The van der Waals surface area contributed by atoms with Crippen molar-refractivity contribution in [2.45, 2.75) is 20.8 Å². The molecule has 0 saturated heterocycles. The van der Waals surface area contributed by atoms with Crippen LogP contribution in [0, 0.1) is 5.41 Å². The highest BCUT2D eigenvalue weighted by atomic mass is 16.3. The van der Waals surface area contributed by atoms with E-state index in [4.69, 9.17) is 4.42 Å². The van der Waals surface area contributed by atoms with Gasteiger partial charge >= 0.3 is 0 Å². The van der Waals surface area contributed by atoms with Crippen LogP contribution in [-0.2, 0) is 4.79 Å². The number of nitrogens with zero attached hydrogens (tertiary/aromatic N) is 4. The molecule has 0 spiro atoms. The highest BCUT2D eigenvalue weighted by Crippen LogP contribution is 2.34. The number of anilines is 1. The number of aromatic nitrogens is 6. The third kappa shape index (κ3) is 3.80. The second-order valence-corrected chi connectivity index (χ2v) is 9.70. The zero-order chi connectivity index (χ0) is 24.9. The van der Waals surface area contributed by atoms with Gasteiger partial charge in [-0.15, -0.1) is 0 Å². The molecule has 0 aliphatic heterocycles. The first-order valence-corrected chi connectivity index (χ1v) is 11.5. The van der Waals surface area contributed by atoms with Crippen molar-refractivity contribution in [2.75, 3.05) is 5.32 Å². The van der Waals surface area contributed by atoms with E-state index in [9.17, 15) is 4.79 Å². The van der Waals surface area contributed by atoms with E-state index in [1.54, 1.807) is 37.3 Å². The first kappa shape index (κ1) is 21.7. The molecule has 0 saturated carbocycles. The molecule has 0 aliphatic rings. The van der Waals surface area contributed by atoms with Gasteiger partial charge in [0.05, 0.1) is 59.2 Å². The second-order valence-electron chi connectivity index (χ2n) is 9.70. The fourth-order valence-corrected chi connectivity index (χ4v) is 4.07. The molecule has 0 fully saturated rings. The number of carbonyl (C=O) groups excluding carboxylic acids is 1.